The number of halogens is 2. The lowest BCUT2D eigenvalue weighted by Gasteiger charge is -2.09. The Bertz CT molecular complexity index is 1020. The third kappa shape index (κ3) is 3.27. The van der Waals surface area contributed by atoms with Crippen LogP contribution in [-0.4, -0.2) is 26.2 Å². The van der Waals surface area contributed by atoms with Gasteiger partial charge in [0.1, 0.15) is 5.25 Å². The SMILES string of the molecule is CCOC(=O)[C@@]1(C#N)[C@H](S(=O)(=O)c2ccc(Cl)cc2)[C@@H]1c1ccc(Br)cc1. The second-order valence-corrected chi connectivity index (χ2v) is 9.57. The molecular formula is C19H15BrClNO4S. The van der Waals surface area contributed by atoms with Crippen molar-refractivity contribution in [2.75, 3.05) is 6.61 Å². The van der Waals surface area contributed by atoms with E-state index in [1.165, 1.54) is 24.3 Å². The Kier molecular flexibility index (Phi) is 5.35. The van der Waals surface area contributed by atoms with Crippen LogP contribution in [0.15, 0.2) is 57.9 Å². The van der Waals surface area contributed by atoms with Crippen LogP contribution in [0.1, 0.15) is 18.4 Å². The van der Waals surface area contributed by atoms with Crippen LogP contribution in [0.5, 0.6) is 0 Å². The first-order chi connectivity index (χ1) is 12.8. The van der Waals surface area contributed by atoms with Gasteiger partial charge in [-0.3, -0.25) is 4.79 Å². The Morgan fingerprint density at radius 1 is 1.22 bits per heavy atom. The molecule has 0 unspecified atom stereocenters. The highest BCUT2D eigenvalue weighted by atomic mass is 79.9. The summed E-state index contributed by atoms with van der Waals surface area (Å²) in [5, 5.41) is 8.99. The maximum atomic E-state index is 13.2. The minimum Gasteiger partial charge on any atom is -0.465 e. The molecule has 8 heteroatoms. The van der Waals surface area contributed by atoms with Crippen molar-refractivity contribution in [2.24, 2.45) is 5.41 Å². The zero-order valence-electron chi connectivity index (χ0n) is 14.2. The molecule has 3 rings (SSSR count). The maximum Gasteiger partial charge on any atom is 0.328 e. The van der Waals surface area contributed by atoms with Gasteiger partial charge in [-0.2, -0.15) is 5.26 Å². The molecule has 0 bridgehead atoms. The van der Waals surface area contributed by atoms with Gasteiger partial charge in [0.25, 0.3) is 0 Å². The minimum atomic E-state index is -3.97. The van der Waals surface area contributed by atoms with Gasteiger partial charge < -0.3 is 4.74 Å². The number of ether oxygens (including phenoxy) is 1. The minimum absolute atomic E-state index is 0.0143. The molecule has 2 aromatic rings. The molecule has 3 atom stereocenters. The summed E-state index contributed by atoms with van der Waals surface area (Å²) in [4.78, 5) is 12.6. The number of carbonyl (C=O) groups is 1. The van der Waals surface area contributed by atoms with E-state index in [1.807, 2.05) is 6.07 Å². The Morgan fingerprint density at radius 3 is 2.33 bits per heavy atom. The van der Waals surface area contributed by atoms with Gasteiger partial charge in [-0.25, -0.2) is 8.42 Å². The fourth-order valence-electron chi connectivity index (χ4n) is 3.33. The van der Waals surface area contributed by atoms with Crippen molar-refractivity contribution in [3.63, 3.8) is 0 Å². The lowest BCUT2D eigenvalue weighted by molar-refractivity contribution is -0.147. The van der Waals surface area contributed by atoms with Gasteiger partial charge in [-0.1, -0.05) is 39.7 Å². The smallest absolute Gasteiger partial charge is 0.328 e. The number of esters is 1. The number of carbonyl (C=O) groups excluding carboxylic acids is 1. The Labute approximate surface area is 171 Å². The summed E-state index contributed by atoms with van der Waals surface area (Å²) in [6.45, 7) is 1.67. The summed E-state index contributed by atoms with van der Waals surface area (Å²) >= 11 is 9.17. The number of nitriles is 1. The maximum absolute atomic E-state index is 13.2. The number of benzene rings is 2. The van der Waals surface area contributed by atoms with Gasteiger partial charge in [0.15, 0.2) is 15.3 Å². The van der Waals surface area contributed by atoms with Crippen molar-refractivity contribution in [1.29, 1.82) is 5.26 Å². The van der Waals surface area contributed by atoms with Crippen LogP contribution < -0.4 is 0 Å². The topological polar surface area (TPSA) is 84.2 Å². The number of hydrogen-bond donors (Lipinski definition) is 0. The highest BCUT2D eigenvalue weighted by molar-refractivity contribution is 9.10. The normalized spacial score (nSPS) is 24.1. The molecule has 1 fully saturated rings. The van der Waals surface area contributed by atoms with E-state index >= 15 is 0 Å². The molecule has 2 aromatic carbocycles. The lowest BCUT2D eigenvalue weighted by Crippen LogP contribution is -2.25. The molecule has 0 aromatic heterocycles. The summed E-state index contributed by atoms with van der Waals surface area (Å²) in [6.07, 6.45) is 0. The molecule has 0 amide bonds. The average Bonchev–Trinajstić information content (AvgIpc) is 3.34. The number of sulfone groups is 1. The van der Waals surface area contributed by atoms with Crippen molar-refractivity contribution in [3.8, 4) is 6.07 Å². The summed E-state index contributed by atoms with van der Waals surface area (Å²) in [7, 11) is -3.97. The molecule has 1 saturated carbocycles. The van der Waals surface area contributed by atoms with E-state index in [4.69, 9.17) is 16.3 Å². The predicted octanol–water partition coefficient (Wildman–Crippen LogP) is 4.12. The summed E-state index contributed by atoms with van der Waals surface area (Å²) in [5.41, 5.74) is -1.18. The fourth-order valence-corrected chi connectivity index (χ4v) is 5.97. The Balaban J connectivity index is 2.12. The van der Waals surface area contributed by atoms with E-state index in [-0.39, 0.29) is 11.5 Å². The number of nitrogens with zero attached hydrogens (tertiary/aromatic N) is 1. The van der Waals surface area contributed by atoms with Gasteiger partial charge in [-0.15, -0.1) is 0 Å². The van der Waals surface area contributed by atoms with Gasteiger partial charge in [0, 0.05) is 15.4 Å². The lowest BCUT2D eigenvalue weighted by atomic mass is 10.0. The van der Waals surface area contributed by atoms with Gasteiger partial charge >= 0.3 is 5.97 Å². The molecular weight excluding hydrogens is 454 g/mol. The largest absolute Gasteiger partial charge is 0.465 e. The van der Waals surface area contributed by atoms with E-state index in [0.29, 0.717) is 10.6 Å². The van der Waals surface area contributed by atoms with E-state index in [9.17, 15) is 18.5 Å². The molecule has 0 heterocycles. The van der Waals surface area contributed by atoms with Crippen molar-refractivity contribution in [2.45, 2.75) is 23.0 Å². The summed E-state index contributed by atoms with van der Waals surface area (Å²) in [5.74, 6) is -1.63. The Hall–Kier alpha value is -1.88. The highest BCUT2D eigenvalue weighted by Crippen LogP contribution is 2.64. The monoisotopic (exact) mass is 467 g/mol. The fraction of sp³-hybridized carbons (Fsp3) is 0.263. The van der Waals surface area contributed by atoms with Crippen LogP contribution in [0, 0.1) is 16.7 Å². The van der Waals surface area contributed by atoms with Gasteiger partial charge in [0.2, 0.25) is 0 Å². The zero-order chi connectivity index (χ0) is 19.8. The zero-order valence-corrected chi connectivity index (χ0v) is 17.4. The van der Waals surface area contributed by atoms with Crippen LogP contribution in [0.3, 0.4) is 0 Å². The van der Waals surface area contributed by atoms with E-state index in [0.717, 1.165) is 4.47 Å². The van der Waals surface area contributed by atoms with Crippen LogP contribution >= 0.6 is 27.5 Å². The molecule has 5 nitrogen and oxygen atoms in total. The first-order valence-electron chi connectivity index (χ1n) is 8.12. The van der Waals surface area contributed by atoms with E-state index in [2.05, 4.69) is 15.9 Å². The van der Waals surface area contributed by atoms with Crippen molar-refractivity contribution < 1.29 is 17.9 Å². The molecule has 0 aliphatic heterocycles. The number of hydrogen-bond acceptors (Lipinski definition) is 5. The molecule has 0 spiro atoms. The standard InChI is InChI=1S/C19H15BrClNO4S/c1-2-26-18(23)19(11-22)16(12-3-5-13(20)6-4-12)17(19)27(24,25)15-9-7-14(21)8-10-15/h3-10,16-17H,2H2,1H3/t16-,17+,19+/m0/s1. The van der Waals surface area contributed by atoms with E-state index in [1.54, 1.807) is 31.2 Å². The first kappa shape index (κ1) is 19.9. The second kappa shape index (κ2) is 7.27. The Morgan fingerprint density at radius 2 is 1.81 bits per heavy atom. The van der Waals surface area contributed by atoms with Crippen molar-refractivity contribution >= 4 is 43.3 Å². The van der Waals surface area contributed by atoms with E-state index < -0.39 is 32.4 Å². The molecule has 27 heavy (non-hydrogen) atoms. The first-order valence-corrected chi connectivity index (χ1v) is 10.8. The molecule has 0 radical (unpaired) electrons. The quantitative estimate of drug-likeness (QED) is 0.616. The van der Waals surface area contributed by atoms with Gasteiger partial charge in [-0.05, 0) is 48.9 Å². The molecule has 0 N–H and O–H groups in total. The summed E-state index contributed by atoms with van der Waals surface area (Å²) in [6, 6.07) is 14.5. The third-order valence-electron chi connectivity index (χ3n) is 4.64. The predicted molar refractivity (Wildman–Crippen MR) is 104 cm³/mol. The molecule has 1 aliphatic rings. The van der Waals surface area contributed by atoms with Gasteiger partial charge in [0.05, 0.1) is 17.6 Å². The molecule has 140 valence electrons. The molecule has 0 saturated heterocycles. The highest BCUT2D eigenvalue weighted by Gasteiger charge is 2.77. The average molecular weight is 469 g/mol. The van der Waals surface area contributed by atoms with Crippen LogP contribution in [0.4, 0.5) is 0 Å². The third-order valence-corrected chi connectivity index (χ3v) is 7.66. The van der Waals surface area contributed by atoms with Crippen LogP contribution in [0.2, 0.25) is 5.02 Å². The van der Waals surface area contributed by atoms with Crippen molar-refractivity contribution in [1.82, 2.24) is 0 Å². The number of rotatable bonds is 5. The van der Waals surface area contributed by atoms with Crippen LogP contribution in [-0.2, 0) is 19.4 Å². The molecule has 1 aliphatic carbocycles. The van der Waals surface area contributed by atoms with Crippen LogP contribution in [0.25, 0.3) is 0 Å². The second-order valence-electron chi connectivity index (χ2n) is 6.15. The summed E-state index contributed by atoms with van der Waals surface area (Å²) < 4.78 is 32.3. The van der Waals surface area contributed by atoms with Crippen molar-refractivity contribution in [3.05, 3.63) is 63.6 Å².